The van der Waals surface area contributed by atoms with Gasteiger partial charge < -0.3 is 15.2 Å². The van der Waals surface area contributed by atoms with Crippen molar-refractivity contribution in [2.75, 3.05) is 13.2 Å². The molecule has 0 aromatic heterocycles. The lowest BCUT2D eigenvalue weighted by molar-refractivity contribution is 0.0299. The number of benzene rings is 2. The van der Waals surface area contributed by atoms with Crippen LogP contribution in [0, 0.1) is 0 Å². The molecule has 0 unspecified atom stereocenters. The van der Waals surface area contributed by atoms with Crippen molar-refractivity contribution < 1.29 is 19.4 Å². The lowest BCUT2D eigenvalue weighted by atomic mass is 9.95. The van der Waals surface area contributed by atoms with Gasteiger partial charge in [0.2, 0.25) is 0 Å². The molecule has 1 fully saturated rings. The number of hydrogen-bond donors (Lipinski definition) is 2. The lowest BCUT2D eigenvalue weighted by Crippen LogP contribution is -2.29. The number of aromatic carboxylic acids is 1. The van der Waals surface area contributed by atoms with Gasteiger partial charge in [-0.3, -0.25) is 4.79 Å². The summed E-state index contributed by atoms with van der Waals surface area (Å²) >= 11 is 0. The van der Waals surface area contributed by atoms with Crippen LogP contribution in [0.5, 0.6) is 0 Å². The van der Waals surface area contributed by atoms with Gasteiger partial charge in [0.05, 0.1) is 18.3 Å². The molecule has 1 saturated carbocycles. The Hall–Kier alpha value is -2.66. The van der Waals surface area contributed by atoms with Crippen molar-refractivity contribution in [3.63, 3.8) is 0 Å². The monoisotopic (exact) mass is 367 g/mol. The summed E-state index contributed by atoms with van der Waals surface area (Å²) in [6, 6.07) is 13.8. The Morgan fingerprint density at radius 1 is 0.926 bits per heavy atom. The van der Waals surface area contributed by atoms with E-state index < -0.39 is 5.97 Å². The normalized spacial score (nSPS) is 14.7. The fraction of sp³-hybridized carbons (Fsp3) is 0.364. The molecule has 0 aliphatic heterocycles. The fourth-order valence-electron chi connectivity index (χ4n) is 3.54. The second kappa shape index (κ2) is 9.33. The Kier molecular flexibility index (Phi) is 6.60. The number of carboxylic acid groups (broad SMARTS) is 1. The van der Waals surface area contributed by atoms with E-state index in [0.29, 0.717) is 35.9 Å². The summed E-state index contributed by atoms with van der Waals surface area (Å²) in [6.07, 6.45) is 6.22. The molecular weight excluding hydrogens is 342 g/mol. The first-order chi connectivity index (χ1) is 13.2. The highest BCUT2D eigenvalue weighted by Crippen LogP contribution is 2.27. The van der Waals surface area contributed by atoms with E-state index in [0.717, 1.165) is 12.8 Å². The maximum Gasteiger partial charge on any atom is 0.336 e. The van der Waals surface area contributed by atoms with Gasteiger partial charge in [0, 0.05) is 12.1 Å². The zero-order valence-electron chi connectivity index (χ0n) is 15.3. The summed E-state index contributed by atoms with van der Waals surface area (Å²) in [5, 5.41) is 12.3. The van der Waals surface area contributed by atoms with Crippen molar-refractivity contribution >= 4 is 11.9 Å². The number of nitrogens with one attached hydrogen (secondary N) is 1. The van der Waals surface area contributed by atoms with Crippen LogP contribution in [0.2, 0.25) is 0 Å². The Labute approximate surface area is 159 Å². The third kappa shape index (κ3) is 4.95. The summed E-state index contributed by atoms with van der Waals surface area (Å²) in [4.78, 5) is 24.2. The van der Waals surface area contributed by atoms with Gasteiger partial charge in [0.15, 0.2) is 0 Å². The Bertz CT molecular complexity index is 796. The number of ether oxygens (including phenoxy) is 1. The molecule has 142 valence electrons. The minimum absolute atomic E-state index is 0.179. The standard InChI is InChI=1S/C22H25NO4/c24-21(23-14-15-27-16-8-2-1-3-9-16)19-12-6-4-10-17(19)18-11-5-7-13-20(18)22(25)26/h4-7,10-13,16H,1-3,8-9,14-15H2,(H,23,24)(H,25,26). The highest BCUT2D eigenvalue weighted by atomic mass is 16.5. The Morgan fingerprint density at radius 3 is 2.19 bits per heavy atom. The van der Waals surface area contributed by atoms with Gasteiger partial charge in [-0.25, -0.2) is 4.79 Å². The van der Waals surface area contributed by atoms with Crippen LogP contribution in [0.1, 0.15) is 52.8 Å². The summed E-state index contributed by atoms with van der Waals surface area (Å²) in [5.41, 5.74) is 1.79. The van der Waals surface area contributed by atoms with Crippen molar-refractivity contribution in [2.45, 2.75) is 38.2 Å². The second-order valence-corrected chi connectivity index (χ2v) is 6.78. The topological polar surface area (TPSA) is 75.6 Å². The van der Waals surface area contributed by atoms with E-state index in [1.165, 1.54) is 19.3 Å². The number of rotatable bonds is 7. The molecule has 2 N–H and O–H groups in total. The van der Waals surface area contributed by atoms with Crippen LogP contribution in [-0.2, 0) is 4.74 Å². The van der Waals surface area contributed by atoms with Gasteiger partial charge in [0.1, 0.15) is 0 Å². The van der Waals surface area contributed by atoms with Crippen LogP contribution < -0.4 is 5.32 Å². The van der Waals surface area contributed by atoms with Crippen molar-refractivity contribution in [2.24, 2.45) is 0 Å². The summed E-state index contributed by atoms with van der Waals surface area (Å²) in [6.45, 7) is 0.925. The first-order valence-electron chi connectivity index (χ1n) is 9.48. The van der Waals surface area contributed by atoms with Crippen molar-refractivity contribution in [3.8, 4) is 11.1 Å². The first-order valence-corrected chi connectivity index (χ1v) is 9.48. The molecule has 1 aliphatic carbocycles. The van der Waals surface area contributed by atoms with Crippen LogP contribution in [0.4, 0.5) is 0 Å². The quantitative estimate of drug-likeness (QED) is 0.722. The molecule has 2 aromatic carbocycles. The summed E-state index contributed by atoms with van der Waals surface area (Å²) < 4.78 is 5.84. The lowest BCUT2D eigenvalue weighted by Gasteiger charge is -2.22. The maximum atomic E-state index is 12.7. The van der Waals surface area contributed by atoms with Crippen molar-refractivity contribution in [1.82, 2.24) is 5.32 Å². The number of hydrogen-bond acceptors (Lipinski definition) is 3. The van der Waals surface area contributed by atoms with Crippen molar-refractivity contribution in [3.05, 3.63) is 59.7 Å². The molecule has 0 heterocycles. The number of carbonyl (C=O) groups excluding carboxylic acids is 1. The molecule has 0 bridgehead atoms. The number of carboxylic acids is 1. The second-order valence-electron chi connectivity index (χ2n) is 6.78. The van der Waals surface area contributed by atoms with Gasteiger partial charge in [-0.1, -0.05) is 55.7 Å². The molecule has 27 heavy (non-hydrogen) atoms. The van der Waals surface area contributed by atoms with E-state index >= 15 is 0 Å². The molecule has 3 rings (SSSR count). The third-order valence-corrected chi connectivity index (χ3v) is 4.91. The highest BCUT2D eigenvalue weighted by molar-refractivity contribution is 6.04. The molecule has 1 aliphatic rings. The molecule has 1 amide bonds. The fourth-order valence-corrected chi connectivity index (χ4v) is 3.54. The Balaban J connectivity index is 1.67. The van der Waals surface area contributed by atoms with E-state index in [-0.39, 0.29) is 11.5 Å². The zero-order chi connectivity index (χ0) is 19.1. The average molecular weight is 367 g/mol. The highest BCUT2D eigenvalue weighted by Gasteiger charge is 2.17. The van der Waals surface area contributed by atoms with Gasteiger partial charge >= 0.3 is 5.97 Å². The molecule has 0 spiro atoms. The van der Waals surface area contributed by atoms with E-state index in [4.69, 9.17) is 4.74 Å². The third-order valence-electron chi connectivity index (χ3n) is 4.91. The van der Waals surface area contributed by atoms with Gasteiger partial charge in [0.25, 0.3) is 5.91 Å². The summed E-state index contributed by atoms with van der Waals surface area (Å²) in [7, 11) is 0. The molecule has 2 aromatic rings. The van der Waals surface area contributed by atoms with E-state index in [9.17, 15) is 14.7 Å². The van der Waals surface area contributed by atoms with Crippen LogP contribution in [0.3, 0.4) is 0 Å². The van der Waals surface area contributed by atoms with E-state index in [2.05, 4.69) is 5.32 Å². The van der Waals surface area contributed by atoms with Crippen LogP contribution in [0.25, 0.3) is 11.1 Å². The van der Waals surface area contributed by atoms with Gasteiger partial charge in [-0.15, -0.1) is 0 Å². The van der Waals surface area contributed by atoms with Crippen LogP contribution >= 0.6 is 0 Å². The maximum absolute atomic E-state index is 12.7. The van der Waals surface area contributed by atoms with Crippen LogP contribution in [-0.4, -0.2) is 36.2 Å². The smallest absolute Gasteiger partial charge is 0.336 e. The predicted octanol–water partition coefficient (Wildman–Crippen LogP) is 4.13. The van der Waals surface area contributed by atoms with Crippen LogP contribution in [0.15, 0.2) is 48.5 Å². The SMILES string of the molecule is O=C(O)c1ccccc1-c1ccccc1C(=O)NCCOC1CCCCC1. The Morgan fingerprint density at radius 2 is 1.52 bits per heavy atom. The van der Waals surface area contributed by atoms with E-state index in [1.54, 1.807) is 48.5 Å². The molecule has 0 atom stereocenters. The number of carbonyl (C=O) groups is 2. The summed E-state index contributed by atoms with van der Waals surface area (Å²) in [5.74, 6) is -1.24. The minimum Gasteiger partial charge on any atom is -0.478 e. The van der Waals surface area contributed by atoms with E-state index in [1.807, 2.05) is 0 Å². The zero-order valence-corrected chi connectivity index (χ0v) is 15.3. The first kappa shape index (κ1) is 19.1. The molecule has 0 radical (unpaired) electrons. The minimum atomic E-state index is -1.01. The molecule has 0 saturated heterocycles. The van der Waals surface area contributed by atoms with Crippen molar-refractivity contribution in [1.29, 1.82) is 0 Å². The number of amides is 1. The molecule has 5 heteroatoms. The average Bonchev–Trinajstić information content (AvgIpc) is 2.72. The van der Waals surface area contributed by atoms with Gasteiger partial charge in [-0.2, -0.15) is 0 Å². The molecular formula is C22H25NO4. The van der Waals surface area contributed by atoms with Gasteiger partial charge in [-0.05, 0) is 36.1 Å². The predicted molar refractivity (Wildman–Crippen MR) is 104 cm³/mol. The largest absolute Gasteiger partial charge is 0.478 e. The molecule has 5 nitrogen and oxygen atoms in total.